The van der Waals surface area contributed by atoms with Gasteiger partial charge in [0.15, 0.2) is 0 Å². The van der Waals surface area contributed by atoms with Crippen molar-refractivity contribution in [2.75, 3.05) is 31.1 Å². The van der Waals surface area contributed by atoms with E-state index in [1.165, 1.54) is 0 Å². The zero-order valence-electron chi connectivity index (χ0n) is 13.7. The second kappa shape index (κ2) is 7.53. The maximum atomic E-state index is 12.5. The van der Waals surface area contributed by atoms with Crippen molar-refractivity contribution in [1.82, 2.24) is 15.2 Å². The number of aromatic nitrogens is 1. The molecule has 1 aromatic carbocycles. The van der Waals surface area contributed by atoms with Crippen LogP contribution in [-0.4, -0.2) is 42.1 Å². The van der Waals surface area contributed by atoms with E-state index in [1.54, 1.807) is 6.20 Å². The van der Waals surface area contributed by atoms with E-state index in [-0.39, 0.29) is 12.1 Å². The molecule has 5 nitrogen and oxygen atoms in total. The molecular weight excluding hydrogens is 324 g/mol. The first-order valence-corrected chi connectivity index (χ1v) is 8.48. The molecule has 0 bridgehead atoms. The fourth-order valence-corrected chi connectivity index (χ4v) is 3.01. The molecule has 1 aromatic heterocycles. The van der Waals surface area contributed by atoms with E-state index in [9.17, 15) is 4.79 Å². The summed E-state index contributed by atoms with van der Waals surface area (Å²) in [6.07, 6.45) is 1.79. The average molecular weight is 345 g/mol. The smallest absolute Gasteiger partial charge is 0.317 e. The van der Waals surface area contributed by atoms with Gasteiger partial charge in [-0.05, 0) is 36.8 Å². The van der Waals surface area contributed by atoms with Crippen molar-refractivity contribution in [3.63, 3.8) is 0 Å². The lowest BCUT2D eigenvalue weighted by Gasteiger charge is -2.35. The highest BCUT2D eigenvalue weighted by Crippen LogP contribution is 2.18. The predicted molar refractivity (Wildman–Crippen MR) is 96.4 cm³/mol. The molecular formula is C18H21ClN4O. The van der Waals surface area contributed by atoms with Gasteiger partial charge in [0.1, 0.15) is 5.82 Å². The fourth-order valence-electron chi connectivity index (χ4n) is 2.82. The summed E-state index contributed by atoms with van der Waals surface area (Å²) in [6, 6.07) is 13.3. The molecule has 3 rings (SSSR count). The topological polar surface area (TPSA) is 48.5 Å². The zero-order valence-corrected chi connectivity index (χ0v) is 14.4. The summed E-state index contributed by atoms with van der Waals surface area (Å²) in [4.78, 5) is 20.9. The van der Waals surface area contributed by atoms with Crippen LogP contribution in [-0.2, 0) is 0 Å². The molecule has 0 saturated carbocycles. The van der Waals surface area contributed by atoms with Gasteiger partial charge in [0.05, 0.1) is 6.04 Å². The second-order valence-electron chi connectivity index (χ2n) is 5.89. The number of amides is 2. The number of nitrogens with zero attached hydrogens (tertiary/aromatic N) is 3. The molecule has 1 aliphatic heterocycles. The number of hydrogen-bond donors (Lipinski definition) is 1. The van der Waals surface area contributed by atoms with Gasteiger partial charge in [-0.15, -0.1) is 0 Å². The van der Waals surface area contributed by atoms with Gasteiger partial charge in [0.2, 0.25) is 0 Å². The van der Waals surface area contributed by atoms with Crippen LogP contribution in [0, 0.1) is 0 Å². The minimum absolute atomic E-state index is 0.0388. The summed E-state index contributed by atoms with van der Waals surface area (Å²) >= 11 is 6.01. The van der Waals surface area contributed by atoms with Crippen LogP contribution in [0.1, 0.15) is 18.5 Å². The third-order valence-electron chi connectivity index (χ3n) is 4.23. The van der Waals surface area contributed by atoms with Crippen LogP contribution in [0.25, 0.3) is 0 Å². The quantitative estimate of drug-likeness (QED) is 0.929. The second-order valence-corrected chi connectivity index (χ2v) is 6.32. The van der Waals surface area contributed by atoms with Crippen molar-refractivity contribution < 1.29 is 4.79 Å². The van der Waals surface area contributed by atoms with Crippen molar-refractivity contribution in [3.05, 3.63) is 59.2 Å². The van der Waals surface area contributed by atoms with Crippen LogP contribution in [0.3, 0.4) is 0 Å². The van der Waals surface area contributed by atoms with E-state index in [2.05, 4.69) is 15.2 Å². The Kier molecular flexibility index (Phi) is 5.20. The standard InChI is InChI=1S/C18H21ClN4O/c1-14(15-5-4-6-16(19)13-15)21-18(24)23-11-9-22(10-12-23)17-7-2-3-8-20-17/h2-8,13-14H,9-12H2,1H3,(H,21,24). The van der Waals surface area contributed by atoms with Crippen LogP contribution in [0.5, 0.6) is 0 Å². The molecule has 6 heteroatoms. The Labute approximate surface area is 147 Å². The number of anilines is 1. The first kappa shape index (κ1) is 16.6. The maximum Gasteiger partial charge on any atom is 0.317 e. The van der Waals surface area contributed by atoms with Gasteiger partial charge < -0.3 is 15.1 Å². The predicted octanol–water partition coefficient (Wildman–Crippen LogP) is 3.33. The highest BCUT2D eigenvalue weighted by atomic mass is 35.5. The fraction of sp³-hybridized carbons (Fsp3) is 0.333. The lowest BCUT2D eigenvalue weighted by Crippen LogP contribution is -2.52. The van der Waals surface area contributed by atoms with E-state index in [4.69, 9.17) is 11.6 Å². The van der Waals surface area contributed by atoms with Gasteiger partial charge in [0, 0.05) is 37.4 Å². The summed E-state index contributed by atoms with van der Waals surface area (Å²) < 4.78 is 0. The maximum absolute atomic E-state index is 12.5. The molecule has 0 aliphatic carbocycles. The molecule has 24 heavy (non-hydrogen) atoms. The molecule has 2 aromatic rings. The van der Waals surface area contributed by atoms with Crippen molar-refractivity contribution in [1.29, 1.82) is 0 Å². The van der Waals surface area contributed by atoms with Crippen molar-refractivity contribution >= 4 is 23.4 Å². The summed E-state index contributed by atoms with van der Waals surface area (Å²) in [6.45, 7) is 4.91. The van der Waals surface area contributed by atoms with E-state index in [1.807, 2.05) is 54.3 Å². The number of hydrogen-bond acceptors (Lipinski definition) is 3. The molecule has 1 saturated heterocycles. The number of carbonyl (C=O) groups excluding carboxylic acids is 1. The van der Waals surface area contributed by atoms with Crippen LogP contribution >= 0.6 is 11.6 Å². The van der Waals surface area contributed by atoms with Crippen LogP contribution in [0.15, 0.2) is 48.7 Å². The third-order valence-corrected chi connectivity index (χ3v) is 4.46. The monoisotopic (exact) mass is 344 g/mol. The highest BCUT2D eigenvalue weighted by Gasteiger charge is 2.22. The first-order chi connectivity index (χ1) is 11.6. The van der Waals surface area contributed by atoms with Gasteiger partial charge in [-0.25, -0.2) is 9.78 Å². The Morgan fingerprint density at radius 1 is 1.17 bits per heavy atom. The van der Waals surface area contributed by atoms with Crippen LogP contribution in [0.4, 0.5) is 10.6 Å². The van der Waals surface area contributed by atoms with Crippen LogP contribution in [0.2, 0.25) is 5.02 Å². The summed E-state index contributed by atoms with van der Waals surface area (Å²) in [5.41, 5.74) is 1.00. The number of pyridine rings is 1. The highest BCUT2D eigenvalue weighted by molar-refractivity contribution is 6.30. The Hall–Kier alpha value is -2.27. The Balaban J connectivity index is 1.54. The Morgan fingerprint density at radius 2 is 1.96 bits per heavy atom. The number of benzene rings is 1. The molecule has 1 fully saturated rings. The molecule has 1 aliphatic rings. The molecule has 2 amide bonds. The Bertz CT molecular complexity index is 686. The number of nitrogens with one attached hydrogen (secondary N) is 1. The molecule has 0 radical (unpaired) electrons. The number of piperazine rings is 1. The molecule has 1 atom stereocenters. The molecule has 0 spiro atoms. The van der Waals surface area contributed by atoms with Crippen molar-refractivity contribution in [2.24, 2.45) is 0 Å². The lowest BCUT2D eigenvalue weighted by atomic mass is 10.1. The number of halogens is 1. The van der Waals surface area contributed by atoms with E-state index >= 15 is 0 Å². The van der Waals surface area contributed by atoms with Gasteiger partial charge >= 0.3 is 6.03 Å². The number of urea groups is 1. The molecule has 1 unspecified atom stereocenters. The van der Waals surface area contributed by atoms with E-state index < -0.39 is 0 Å². The van der Waals surface area contributed by atoms with Gasteiger partial charge in [-0.1, -0.05) is 29.8 Å². The molecule has 2 heterocycles. The van der Waals surface area contributed by atoms with Crippen LogP contribution < -0.4 is 10.2 Å². The largest absolute Gasteiger partial charge is 0.353 e. The van der Waals surface area contributed by atoms with Gasteiger partial charge in [0.25, 0.3) is 0 Å². The van der Waals surface area contributed by atoms with Crippen molar-refractivity contribution in [2.45, 2.75) is 13.0 Å². The summed E-state index contributed by atoms with van der Waals surface area (Å²) in [5, 5.41) is 3.72. The normalized spacial score (nSPS) is 15.9. The Morgan fingerprint density at radius 3 is 2.62 bits per heavy atom. The van der Waals surface area contributed by atoms with E-state index in [0.717, 1.165) is 24.5 Å². The first-order valence-electron chi connectivity index (χ1n) is 8.10. The number of carbonyl (C=O) groups is 1. The summed E-state index contributed by atoms with van der Waals surface area (Å²) in [5.74, 6) is 0.963. The average Bonchev–Trinajstić information content (AvgIpc) is 2.62. The van der Waals surface area contributed by atoms with Gasteiger partial charge in [-0.3, -0.25) is 0 Å². The third kappa shape index (κ3) is 3.97. The minimum Gasteiger partial charge on any atom is -0.353 e. The summed E-state index contributed by atoms with van der Waals surface area (Å²) in [7, 11) is 0. The van der Waals surface area contributed by atoms with Gasteiger partial charge in [-0.2, -0.15) is 0 Å². The molecule has 1 N–H and O–H groups in total. The SMILES string of the molecule is CC(NC(=O)N1CCN(c2ccccn2)CC1)c1cccc(Cl)c1. The minimum atomic E-state index is -0.0787. The number of rotatable bonds is 3. The zero-order chi connectivity index (χ0) is 16.9. The lowest BCUT2D eigenvalue weighted by molar-refractivity contribution is 0.191. The molecule has 126 valence electrons. The van der Waals surface area contributed by atoms with Crippen molar-refractivity contribution in [3.8, 4) is 0 Å². The van der Waals surface area contributed by atoms with E-state index in [0.29, 0.717) is 18.1 Å².